The lowest BCUT2D eigenvalue weighted by atomic mass is 9.75. The van der Waals surface area contributed by atoms with Gasteiger partial charge in [0.25, 0.3) is 0 Å². The molecule has 0 rings (SSSR count). The van der Waals surface area contributed by atoms with Gasteiger partial charge >= 0.3 is 0 Å². The Labute approximate surface area is 94.7 Å². The fraction of sp³-hybridized carbons (Fsp3) is 0.846. The minimum absolute atomic E-state index is 0.112. The molecule has 0 saturated heterocycles. The van der Waals surface area contributed by atoms with Crippen LogP contribution in [0.2, 0.25) is 0 Å². The Balaban J connectivity index is 4.69. The predicted octanol–water partition coefficient (Wildman–Crippen LogP) is 3.28. The van der Waals surface area contributed by atoms with Gasteiger partial charge in [-0.3, -0.25) is 0 Å². The van der Waals surface area contributed by atoms with E-state index < -0.39 is 0 Å². The second-order valence-corrected chi connectivity index (χ2v) is 4.87. The second-order valence-electron chi connectivity index (χ2n) is 4.87. The highest BCUT2D eigenvalue weighted by atomic mass is 16.5. The van der Waals surface area contributed by atoms with E-state index in [1.807, 2.05) is 0 Å². The van der Waals surface area contributed by atoms with Crippen molar-refractivity contribution in [3.05, 3.63) is 11.6 Å². The molecule has 0 aromatic carbocycles. The van der Waals surface area contributed by atoms with Crippen molar-refractivity contribution in [1.29, 1.82) is 0 Å². The first-order valence-electron chi connectivity index (χ1n) is 5.59. The van der Waals surface area contributed by atoms with Crippen LogP contribution in [0.1, 0.15) is 34.1 Å². The lowest BCUT2D eigenvalue weighted by Crippen LogP contribution is -2.36. The van der Waals surface area contributed by atoms with E-state index in [1.54, 1.807) is 14.2 Å². The summed E-state index contributed by atoms with van der Waals surface area (Å²) in [6.45, 7) is 10.2. The fourth-order valence-electron chi connectivity index (χ4n) is 1.71. The molecule has 2 heteroatoms. The van der Waals surface area contributed by atoms with Gasteiger partial charge in [-0.2, -0.15) is 0 Å². The number of methoxy groups -OCH3 is 2. The van der Waals surface area contributed by atoms with Gasteiger partial charge in [0.1, 0.15) is 0 Å². The molecular formula is C13H26O2. The van der Waals surface area contributed by atoms with Gasteiger partial charge < -0.3 is 9.47 Å². The summed E-state index contributed by atoms with van der Waals surface area (Å²) < 4.78 is 10.7. The van der Waals surface area contributed by atoms with Crippen LogP contribution in [-0.4, -0.2) is 27.4 Å². The van der Waals surface area contributed by atoms with Crippen molar-refractivity contribution in [2.75, 3.05) is 27.4 Å². The van der Waals surface area contributed by atoms with Gasteiger partial charge in [-0.1, -0.05) is 25.5 Å². The standard InChI is InChI=1S/C13H26O2/c1-11(2)7-8-13(9-14-5,10-15-6)12(3)4/h7,12H,8-10H2,1-6H3. The van der Waals surface area contributed by atoms with Gasteiger partial charge in [-0.05, 0) is 26.2 Å². The van der Waals surface area contributed by atoms with E-state index in [9.17, 15) is 0 Å². The molecule has 0 heterocycles. The normalized spacial score (nSPS) is 11.9. The van der Waals surface area contributed by atoms with Gasteiger partial charge in [0, 0.05) is 19.6 Å². The first kappa shape index (κ1) is 14.7. The average Bonchev–Trinajstić information content (AvgIpc) is 2.14. The molecule has 15 heavy (non-hydrogen) atoms. The third kappa shape index (κ3) is 4.80. The molecule has 0 bridgehead atoms. The van der Waals surface area contributed by atoms with Crippen molar-refractivity contribution in [3.8, 4) is 0 Å². The van der Waals surface area contributed by atoms with Crippen molar-refractivity contribution < 1.29 is 9.47 Å². The Morgan fingerprint density at radius 1 is 1.13 bits per heavy atom. The molecule has 0 aromatic heterocycles. The third-order valence-electron chi connectivity index (χ3n) is 3.01. The molecule has 0 fully saturated rings. The smallest absolute Gasteiger partial charge is 0.0546 e. The molecule has 0 N–H and O–H groups in total. The summed E-state index contributed by atoms with van der Waals surface area (Å²) in [5.41, 5.74) is 1.47. The maximum atomic E-state index is 5.34. The van der Waals surface area contributed by atoms with Gasteiger partial charge in [-0.15, -0.1) is 0 Å². The predicted molar refractivity (Wildman–Crippen MR) is 65.1 cm³/mol. The largest absolute Gasteiger partial charge is 0.384 e. The van der Waals surface area contributed by atoms with Crippen LogP contribution >= 0.6 is 0 Å². The SMILES string of the molecule is COCC(CC=C(C)C)(COC)C(C)C. The van der Waals surface area contributed by atoms with Gasteiger partial charge in [0.05, 0.1) is 13.2 Å². The average molecular weight is 214 g/mol. The quantitative estimate of drug-likeness (QED) is 0.605. The Hall–Kier alpha value is -0.340. The van der Waals surface area contributed by atoms with Crippen LogP contribution in [-0.2, 0) is 9.47 Å². The molecule has 0 unspecified atom stereocenters. The summed E-state index contributed by atoms with van der Waals surface area (Å²) in [5, 5.41) is 0. The molecule has 0 saturated carbocycles. The molecule has 0 aromatic rings. The molecule has 90 valence electrons. The van der Waals surface area contributed by atoms with E-state index in [-0.39, 0.29) is 5.41 Å². The molecule has 0 aliphatic carbocycles. The Morgan fingerprint density at radius 2 is 1.60 bits per heavy atom. The first-order chi connectivity index (χ1) is 6.98. The van der Waals surface area contributed by atoms with E-state index in [2.05, 4.69) is 33.8 Å². The zero-order valence-electron chi connectivity index (χ0n) is 11.1. The van der Waals surface area contributed by atoms with E-state index in [0.717, 1.165) is 19.6 Å². The van der Waals surface area contributed by atoms with E-state index in [4.69, 9.17) is 9.47 Å². The van der Waals surface area contributed by atoms with Crippen LogP contribution in [0.15, 0.2) is 11.6 Å². The number of rotatable bonds is 7. The van der Waals surface area contributed by atoms with Crippen LogP contribution in [0.5, 0.6) is 0 Å². The van der Waals surface area contributed by atoms with Crippen molar-refractivity contribution in [2.45, 2.75) is 34.1 Å². The number of allylic oxidation sites excluding steroid dienone is 2. The summed E-state index contributed by atoms with van der Waals surface area (Å²) in [6, 6.07) is 0. The maximum absolute atomic E-state index is 5.34. The van der Waals surface area contributed by atoms with Crippen LogP contribution in [0.4, 0.5) is 0 Å². The van der Waals surface area contributed by atoms with Crippen molar-refractivity contribution >= 4 is 0 Å². The zero-order valence-corrected chi connectivity index (χ0v) is 11.1. The summed E-state index contributed by atoms with van der Waals surface area (Å²) in [5.74, 6) is 0.549. The highest BCUT2D eigenvalue weighted by Crippen LogP contribution is 2.33. The van der Waals surface area contributed by atoms with Gasteiger partial charge in [0.2, 0.25) is 0 Å². The summed E-state index contributed by atoms with van der Waals surface area (Å²) in [7, 11) is 3.52. The summed E-state index contributed by atoms with van der Waals surface area (Å²) in [4.78, 5) is 0. The molecule has 0 spiro atoms. The number of ether oxygens (including phenoxy) is 2. The minimum Gasteiger partial charge on any atom is -0.384 e. The van der Waals surface area contributed by atoms with Crippen molar-refractivity contribution in [2.24, 2.45) is 11.3 Å². The summed E-state index contributed by atoms with van der Waals surface area (Å²) in [6.07, 6.45) is 3.30. The van der Waals surface area contributed by atoms with Crippen molar-refractivity contribution in [1.82, 2.24) is 0 Å². The Bertz CT molecular complexity index is 185. The van der Waals surface area contributed by atoms with Gasteiger partial charge in [0.15, 0.2) is 0 Å². The fourth-order valence-corrected chi connectivity index (χ4v) is 1.71. The van der Waals surface area contributed by atoms with Crippen LogP contribution in [0.3, 0.4) is 0 Å². The lowest BCUT2D eigenvalue weighted by molar-refractivity contribution is -0.0185. The molecule has 0 aliphatic heterocycles. The maximum Gasteiger partial charge on any atom is 0.0546 e. The van der Waals surface area contributed by atoms with E-state index in [1.165, 1.54) is 5.57 Å². The molecule has 0 amide bonds. The molecule has 0 radical (unpaired) electrons. The molecule has 2 nitrogen and oxygen atoms in total. The van der Waals surface area contributed by atoms with Crippen LogP contribution in [0.25, 0.3) is 0 Å². The summed E-state index contributed by atoms with van der Waals surface area (Å²) >= 11 is 0. The first-order valence-corrected chi connectivity index (χ1v) is 5.59. The topological polar surface area (TPSA) is 18.5 Å². The monoisotopic (exact) mass is 214 g/mol. The Morgan fingerprint density at radius 3 is 1.87 bits per heavy atom. The van der Waals surface area contributed by atoms with E-state index >= 15 is 0 Å². The lowest BCUT2D eigenvalue weighted by Gasteiger charge is -2.35. The third-order valence-corrected chi connectivity index (χ3v) is 3.01. The Kier molecular flexibility index (Phi) is 6.86. The minimum atomic E-state index is 0.112. The number of hydrogen-bond acceptors (Lipinski definition) is 2. The van der Waals surface area contributed by atoms with E-state index in [0.29, 0.717) is 5.92 Å². The zero-order chi connectivity index (χ0) is 11.9. The second kappa shape index (κ2) is 7.02. The molecule has 0 atom stereocenters. The van der Waals surface area contributed by atoms with Crippen molar-refractivity contribution in [3.63, 3.8) is 0 Å². The highest BCUT2D eigenvalue weighted by molar-refractivity contribution is 4.99. The van der Waals surface area contributed by atoms with Crippen LogP contribution in [0, 0.1) is 11.3 Å². The highest BCUT2D eigenvalue weighted by Gasteiger charge is 2.32. The van der Waals surface area contributed by atoms with Gasteiger partial charge in [-0.25, -0.2) is 0 Å². The number of hydrogen-bond donors (Lipinski definition) is 0. The molecule has 0 aliphatic rings. The van der Waals surface area contributed by atoms with Crippen LogP contribution < -0.4 is 0 Å². The molecular weight excluding hydrogens is 188 g/mol.